The molecule has 2 amide bonds. The molecule has 7 heteroatoms. The van der Waals surface area contributed by atoms with E-state index >= 15 is 0 Å². The number of aliphatic carboxylic acids is 1. The van der Waals surface area contributed by atoms with Crippen LogP contribution in [0.5, 0.6) is 0 Å². The zero-order valence-corrected chi connectivity index (χ0v) is 17.6. The van der Waals surface area contributed by atoms with Crippen molar-refractivity contribution in [2.24, 2.45) is 0 Å². The molecule has 1 aliphatic rings. The second-order valence-electron chi connectivity index (χ2n) is 7.88. The van der Waals surface area contributed by atoms with Gasteiger partial charge in [-0.2, -0.15) is 0 Å². The number of aryl methyl sites for hydroxylation is 1. The molecule has 1 unspecified atom stereocenters. The topological polar surface area (TPSA) is 99.6 Å². The van der Waals surface area contributed by atoms with Crippen LogP contribution in [0.3, 0.4) is 0 Å². The molecule has 1 aromatic heterocycles. The standard InChI is InChI=1S/C24H29N3O4/c28-22(12-11-18-7-6-13-25-16-18)26-14-5-1-2-10-23(29)27-17-19(15-24(30)31)20-8-3-4-9-21(20)27/h3-4,6-9,13,16,19H,1-2,5,10-12,14-15,17H2,(H,26,28)(H,30,31). The van der Waals surface area contributed by atoms with Crippen LogP contribution in [-0.4, -0.2) is 41.0 Å². The summed E-state index contributed by atoms with van der Waals surface area (Å²) in [6.07, 6.45) is 7.46. The third-order valence-corrected chi connectivity index (χ3v) is 5.55. The van der Waals surface area contributed by atoms with E-state index in [9.17, 15) is 14.4 Å². The highest BCUT2D eigenvalue weighted by Gasteiger charge is 2.32. The minimum absolute atomic E-state index is 0.0260. The van der Waals surface area contributed by atoms with E-state index in [4.69, 9.17) is 5.11 Å². The number of hydrogen-bond acceptors (Lipinski definition) is 4. The maximum absolute atomic E-state index is 12.7. The highest BCUT2D eigenvalue weighted by atomic mass is 16.4. The zero-order chi connectivity index (χ0) is 22.1. The van der Waals surface area contributed by atoms with Gasteiger partial charge in [0.2, 0.25) is 11.8 Å². The molecule has 1 aromatic carbocycles. The first kappa shape index (κ1) is 22.5. The fraction of sp³-hybridized carbons (Fsp3) is 0.417. The van der Waals surface area contributed by atoms with Crippen molar-refractivity contribution >= 4 is 23.5 Å². The van der Waals surface area contributed by atoms with Gasteiger partial charge < -0.3 is 15.3 Å². The van der Waals surface area contributed by atoms with E-state index < -0.39 is 5.97 Å². The molecule has 2 N–H and O–H groups in total. The average Bonchev–Trinajstić information content (AvgIpc) is 3.13. The second-order valence-corrected chi connectivity index (χ2v) is 7.88. The average molecular weight is 424 g/mol. The van der Waals surface area contributed by atoms with Crippen LogP contribution >= 0.6 is 0 Å². The molecule has 164 valence electrons. The van der Waals surface area contributed by atoms with Crippen LogP contribution in [-0.2, 0) is 20.8 Å². The molecule has 3 rings (SSSR count). The van der Waals surface area contributed by atoms with E-state index in [2.05, 4.69) is 10.3 Å². The quantitative estimate of drug-likeness (QED) is 0.540. The van der Waals surface area contributed by atoms with Gasteiger partial charge in [0.1, 0.15) is 0 Å². The molecule has 7 nitrogen and oxygen atoms in total. The third-order valence-electron chi connectivity index (χ3n) is 5.55. The Kier molecular flexibility index (Phi) is 8.15. The van der Waals surface area contributed by atoms with Gasteiger partial charge >= 0.3 is 5.97 Å². The number of fused-ring (bicyclic) bond motifs is 1. The molecule has 1 aliphatic heterocycles. The Morgan fingerprint density at radius 2 is 1.90 bits per heavy atom. The summed E-state index contributed by atoms with van der Waals surface area (Å²) in [6, 6.07) is 11.4. The lowest BCUT2D eigenvalue weighted by Gasteiger charge is -2.17. The maximum atomic E-state index is 12.7. The first-order chi connectivity index (χ1) is 15.0. The molecular weight excluding hydrogens is 394 g/mol. The predicted molar refractivity (Wildman–Crippen MR) is 118 cm³/mol. The smallest absolute Gasteiger partial charge is 0.304 e. The lowest BCUT2D eigenvalue weighted by atomic mass is 9.98. The number of rotatable bonds is 11. The van der Waals surface area contributed by atoms with Gasteiger partial charge in [0.15, 0.2) is 0 Å². The summed E-state index contributed by atoms with van der Waals surface area (Å²) >= 11 is 0. The van der Waals surface area contributed by atoms with Gasteiger partial charge in [-0.1, -0.05) is 30.7 Å². The Hall–Kier alpha value is -3.22. The van der Waals surface area contributed by atoms with E-state index in [0.29, 0.717) is 32.4 Å². The van der Waals surface area contributed by atoms with E-state index in [1.165, 1.54) is 0 Å². The lowest BCUT2D eigenvalue weighted by molar-refractivity contribution is -0.137. The molecule has 1 atom stereocenters. The molecule has 0 aliphatic carbocycles. The number of hydrogen-bond donors (Lipinski definition) is 2. The summed E-state index contributed by atoms with van der Waals surface area (Å²) in [5.41, 5.74) is 2.82. The lowest BCUT2D eigenvalue weighted by Crippen LogP contribution is -2.30. The van der Waals surface area contributed by atoms with Crippen molar-refractivity contribution in [1.82, 2.24) is 10.3 Å². The molecule has 0 saturated heterocycles. The molecule has 2 heterocycles. The SMILES string of the molecule is O=C(O)CC1CN(C(=O)CCCCCNC(=O)CCc2cccnc2)c2ccccc21. The van der Waals surface area contributed by atoms with Crippen LogP contribution in [0.4, 0.5) is 5.69 Å². The number of pyridine rings is 1. The van der Waals surface area contributed by atoms with Crippen molar-refractivity contribution in [3.8, 4) is 0 Å². The second kappa shape index (κ2) is 11.2. The number of carboxylic acid groups (broad SMARTS) is 1. The number of unbranched alkanes of at least 4 members (excludes halogenated alkanes) is 2. The van der Waals surface area contributed by atoms with Crippen LogP contribution in [0.2, 0.25) is 0 Å². The summed E-state index contributed by atoms with van der Waals surface area (Å²) in [5.74, 6) is -0.949. The summed E-state index contributed by atoms with van der Waals surface area (Å²) in [7, 11) is 0. The third kappa shape index (κ3) is 6.64. The number of aromatic nitrogens is 1. The largest absolute Gasteiger partial charge is 0.481 e. The molecule has 0 saturated carbocycles. The number of para-hydroxylation sites is 1. The molecule has 0 fully saturated rings. The van der Waals surface area contributed by atoms with Gasteiger partial charge in [0, 0.05) is 49.9 Å². The number of carbonyl (C=O) groups excluding carboxylic acids is 2. The van der Waals surface area contributed by atoms with Gasteiger partial charge in [-0.05, 0) is 42.5 Å². The Morgan fingerprint density at radius 1 is 1.06 bits per heavy atom. The maximum Gasteiger partial charge on any atom is 0.304 e. The van der Waals surface area contributed by atoms with Crippen LogP contribution in [0, 0.1) is 0 Å². The number of carboxylic acids is 1. The summed E-state index contributed by atoms with van der Waals surface area (Å²) in [6.45, 7) is 1.03. The van der Waals surface area contributed by atoms with Crippen molar-refractivity contribution in [2.75, 3.05) is 18.0 Å². The molecule has 31 heavy (non-hydrogen) atoms. The summed E-state index contributed by atoms with van der Waals surface area (Å²) in [4.78, 5) is 41.5. The minimum Gasteiger partial charge on any atom is -0.481 e. The number of nitrogens with zero attached hydrogens (tertiary/aromatic N) is 2. The van der Waals surface area contributed by atoms with E-state index in [-0.39, 0.29) is 24.2 Å². The Morgan fingerprint density at radius 3 is 2.68 bits per heavy atom. The Balaban J connectivity index is 1.33. The molecule has 0 radical (unpaired) electrons. The predicted octanol–water partition coefficient (Wildman–Crippen LogP) is 3.30. The molecular formula is C24H29N3O4. The highest BCUT2D eigenvalue weighted by Crippen LogP contribution is 2.38. The highest BCUT2D eigenvalue weighted by molar-refractivity contribution is 5.96. The van der Waals surface area contributed by atoms with E-state index in [0.717, 1.165) is 36.1 Å². The normalized spacial score (nSPS) is 14.8. The van der Waals surface area contributed by atoms with Gasteiger partial charge in [0.25, 0.3) is 0 Å². The fourth-order valence-electron chi connectivity index (χ4n) is 3.95. The van der Waals surface area contributed by atoms with Gasteiger partial charge in [-0.25, -0.2) is 0 Å². The zero-order valence-electron chi connectivity index (χ0n) is 17.6. The number of benzene rings is 1. The van der Waals surface area contributed by atoms with Crippen molar-refractivity contribution < 1.29 is 19.5 Å². The fourth-order valence-corrected chi connectivity index (χ4v) is 3.95. The van der Waals surface area contributed by atoms with Gasteiger partial charge in [0.05, 0.1) is 6.42 Å². The molecule has 0 bridgehead atoms. The van der Waals surface area contributed by atoms with Crippen molar-refractivity contribution in [3.05, 3.63) is 59.9 Å². The van der Waals surface area contributed by atoms with Crippen molar-refractivity contribution in [1.29, 1.82) is 0 Å². The first-order valence-corrected chi connectivity index (χ1v) is 10.8. The molecule has 2 aromatic rings. The first-order valence-electron chi connectivity index (χ1n) is 10.8. The molecule has 0 spiro atoms. The van der Waals surface area contributed by atoms with Crippen molar-refractivity contribution in [3.63, 3.8) is 0 Å². The summed E-state index contributed by atoms with van der Waals surface area (Å²) in [5, 5.41) is 12.1. The van der Waals surface area contributed by atoms with Crippen LogP contribution in [0.15, 0.2) is 48.8 Å². The monoisotopic (exact) mass is 423 g/mol. The number of nitrogens with one attached hydrogen (secondary N) is 1. The number of amides is 2. The van der Waals surface area contributed by atoms with Gasteiger partial charge in [-0.3, -0.25) is 19.4 Å². The van der Waals surface area contributed by atoms with Crippen molar-refractivity contribution in [2.45, 2.75) is 50.9 Å². The summed E-state index contributed by atoms with van der Waals surface area (Å²) < 4.78 is 0. The van der Waals surface area contributed by atoms with Gasteiger partial charge in [-0.15, -0.1) is 0 Å². The Bertz CT molecular complexity index is 901. The number of anilines is 1. The van der Waals surface area contributed by atoms with Crippen LogP contribution in [0.25, 0.3) is 0 Å². The van der Waals surface area contributed by atoms with E-state index in [1.54, 1.807) is 17.3 Å². The Labute approximate surface area is 182 Å². The van der Waals surface area contributed by atoms with E-state index in [1.807, 2.05) is 36.4 Å². The minimum atomic E-state index is -0.850. The van der Waals surface area contributed by atoms with Crippen LogP contribution < -0.4 is 10.2 Å². The number of carbonyl (C=O) groups is 3. The van der Waals surface area contributed by atoms with Crippen LogP contribution in [0.1, 0.15) is 55.6 Å².